The van der Waals surface area contributed by atoms with Crippen molar-refractivity contribution in [2.45, 2.75) is 32.1 Å². The summed E-state index contributed by atoms with van der Waals surface area (Å²) < 4.78 is 2.18. The number of hydrogen-bond donors (Lipinski definition) is 1. The van der Waals surface area contributed by atoms with Crippen LogP contribution in [-0.4, -0.2) is 36.0 Å². The Morgan fingerprint density at radius 2 is 1.82 bits per heavy atom. The van der Waals surface area contributed by atoms with Crippen LogP contribution >= 0.6 is 0 Å². The number of hydrogen-bond acceptors (Lipinski definition) is 3. The molecule has 1 saturated heterocycles. The van der Waals surface area contributed by atoms with Crippen LogP contribution in [0.5, 0.6) is 0 Å². The largest absolute Gasteiger partial charge is 0.366 e. The molecule has 2 aromatic rings. The molecule has 0 radical (unpaired) electrons. The summed E-state index contributed by atoms with van der Waals surface area (Å²) in [5.74, 6) is 0.675. The Kier molecular flexibility index (Phi) is 3.62. The average Bonchev–Trinajstić information content (AvgIpc) is 2.92. The lowest BCUT2D eigenvalue weighted by Gasteiger charge is -2.33. The van der Waals surface area contributed by atoms with E-state index in [1.165, 1.54) is 41.9 Å². The van der Waals surface area contributed by atoms with Gasteiger partial charge in [-0.25, -0.2) is 4.68 Å². The fourth-order valence-electron chi connectivity index (χ4n) is 3.45. The van der Waals surface area contributed by atoms with Gasteiger partial charge in [-0.15, -0.1) is 0 Å². The Balaban J connectivity index is 1.74. The van der Waals surface area contributed by atoms with E-state index in [0.717, 1.165) is 26.2 Å². The average molecular weight is 296 g/mol. The maximum atomic E-state index is 4.75. The summed E-state index contributed by atoms with van der Waals surface area (Å²) in [4.78, 5) is 2.50. The Labute approximate surface area is 132 Å². The minimum atomic E-state index is 0.675. The first-order chi connectivity index (χ1) is 10.8. The van der Waals surface area contributed by atoms with Crippen molar-refractivity contribution in [3.05, 3.63) is 41.7 Å². The van der Waals surface area contributed by atoms with E-state index in [2.05, 4.69) is 52.3 Å². The molecule has 1 saturated carbocycles. The van der Waals surface area contributed by atoms with Crippen LogP contribution in [0.25, 0.3) is 5.69 Å². The topological polar surface area (TPSA) is 33.1 Å². The van der Waals surface area contributed by atoms with Crippen LogP contribution < -0.4 is 10.2 Å². The molecule has 1 aliphatic heterocycles. The Hall–Kier alpha value is -1.81. The number of benzene rings is 1. The van der Waals surface area contributed by atoms with E-state index in [1.54, 1.807) is 0 Å². The predicted molar refractivity (Wildman–Crippen MR) is 90.0 cm³/mol. The van der Waals surface area contributed by atoms with Gasteiger partial charge in [0.05, 0.1) is 23.3 Å². The van der Waals surface area contributed by atoms with Crippen LogP contribution in [0, 0.1) is 6.92 Å². The van der Waals surface area contributed by atoms with Crippen molar-refractivity contribution in [1.29, 1.82) is 0 Å². The van der Waals surface area contributed by atoms with Gasteiger partial charge in [0.2, 0.25) is 0 Å². The number of nitrogens with one attached hydrogen (secondary N) is 1. The van der Waals surface area contributed by atoms with Crippen molar-refractivity contribution >= 4 is 5.69 Å². The Morgan fingerprint density at radius 3 is 2.45 bits per heavy atom. The standard InChI is InChI=1S/C18H24N4/c1-14-5-7-16(8-6-14)22-18(15-3-2-4-15)17(13-20-22)21-11-9-19-10-12-21/h5-8,13,15,19H,2-4,9-12H2,1H3. The number of aryl methyl sites for hydroxylation is 1. The van der Waals surface area contributed by atoms with Crippen LogP contribution in [0.4, 0.5) is 5.69 Å². The maximum Gasteiger partial charge on any atom is 0.0793 e. The summed E-state index contributed by atoms with van der Waals surface area (Å²) in [7, 11) is 0. The zero-order chi connectivity index (χ0) is 14.9. The molecule has 4 rings (SSSR count). The van der Waals surface area contributed by atoms with E-state index < -0.39 is 0 Å². The van der Waals surface area contributed by atoms with Gasteiger partial charge in [-0.05, 0) is 31.9 Å². The van der Waals surface area contributed by atoms with Gasteiger partial charge in [0.15, 0.2) is 0 Å². The van der Waals surface area contributed by atoms with Crippen molar-refractivity contribution in [2.24, 2.45) is 0 Å². The van der Waals surface area contributed by atoms with E-state index in [1.807, 2.05) is 0 Å². The second-order valence-electron chi connectivity index (χ2n) is 6.53. The van der Waals surface area contributed by atoms with Gasteiger partial charge in [-0.1, -0.05) is 24.1 Å². The summed E-state index contributed by atoms with van der Waals surface area (Å²) in [6.07, 6.45) is 6.04. The van der Waals surface area contributed by atoms with E-state index in [0.29, 0.717) is 5.92 Å². The van der Waals surface area contributed by atoms with E-state index in [4.69, 9.17) is 5.10 Å². The molecule has 4 heteroatoms. The minimum absolute atomic E-state index is 0.675. The molecule has 2 fully saturated rings. The highest BCUT2D eigenvalue weighted by Crippen LogP contribution is 2.42. The molecule has 4 nitrogen and oxygen atoms in total. The number of aromatic nitrogens is 2. The highest BCUT2D eigenvalue weighted by atomic mass is 15.3. The molecule has 0 amide bonds. The lowest BCUT2D eigenvalue weighted by Crippen LogP contribution is -2.44. The zero-order valence-corrected chi connectivity index (χ0v) is 13.3. The first-order valence-corrected chi connectivity index (χ1v) is 8.43. The van der Waals surface area contributed by atoms with Gasteiger partial charge in [-0.2, -0.15) is 5.10 Å². The van der Waals surface area contributed by atoms with Gasteiger partial charge in [-0.3, -0.25) is 0 Å². The number of anilines is 1. The van der Waals surface area contributed by atoms with Gasteiger partial charge < -0.3 is 10.2 Å². The number of rotatable bonds is 3. The Bertz CT molecular complexity index is 634. The number of piperazine rings is 1. The molecule has 116 valence electrons. The van der Waals surface area contributed by atoms with Gasteiger partial charge in [0, 0.05) is 32.1 Å². The molecule has 1 N–H and O–H groups in total. The van der Waals surface area contributed by atoms with Crippen molar-refractivity contribution in [3.63, 3.8) is 0 Å². The molecule has 1 aromatic carbocycles. The highest BCUT2D eigenvalue weighted by Gasteiger charge is 2.29. The monoisotopic (exact) mass is 296 g/mol. The van der Waals surface area contributed by atoms with Crippen LogP contribution in [0.15, 0.2) is 30.5 Å². The quantitative estimate of drug-likeness (QED) is 0.945. The van der Waals surface area contributed by atoms with Crippen molar-refractivity contribution in [1.82, 2.24) is 15.1 Å². The molecule has 2 heterocycles. The molecule has 0 unspecified atom stereocenters. The highest BCUT2D eigenvalue weighted by molar-refractivity contribution is 5.55. The first kappa shape index (κ1) is 13.8. The van der Waals surface area contributed by atoms with Gasteiger partial charge in [0.25, 0.3) is 0 Å². The molecule has 2 aliphatic rings. The van der Waals surface area contributed by atoms with Crippen molar-refractivity contribution in [2.75, 3.05) is 31.1 Å². The SMILES string of the molecule is Cc1ccc(-n2ncc(N3CCNCC3)c2C2CCC2)cc1. The van der Waals surface area contributed by atoms with Crippen LogP contribution in [-0.2, 0) is 0 Å². The molecule has 22 heavy (non-hydrogen) atoms. The smallest absolute Gasteiger partial charge is 0.0793 e. The second kappa shape index (κ2) is 5.76. The summed E-state index contributed by atoms with van der Waals surface area (Å²) in [6.45, 7) is 6.43. The lowest BCUT2D eigenvalue weighted by atomic mass is 9.82. The maximum absolute atomic E-state index is 4.75. The van der Waals surface area contributed by atoms with Crippen LogP contribution in [0.1, 0.15) is 36.4 Å². The molecule has 0 atom stereocenters. The lowest BCUT2D eigenvalue weighted by molar-refractivity contribution is 0.402. The molecular weight excluding hydrogens is 272 g/mol. The normalized spacial score (nSPS) is 19.2. The number of nitrogens with zero attached hydrogens (tertiary/aromatic N) is 3. The molecular formula is C18H24N4. The molecule has 0 bridgehead atoms. The second-order valence-corrected chi connectivity index (χ2v) is 6.53. The first-order valence-electron chi connectivity index (χ1n) is 8.43. The summed E-state index contributed by atoms with van der Waals surface area (Å²) in [5, 5.41) is 8.19. The third kappa shape index (κ3) is 2.41. The molecule has 0 spiro atoms. The summed E-state index contributed by atoms with van der Waals surface area (Å²) in [6, 6.07) is 8.72. The van der Waals surface area contributed by atoms with Crippen molar-refractivity contribution in [3.8, 4) is 5.69 Å². The minimum Gasteiger partial charge on any atom is -0.366 e. The summed E-state index contributed by atoms with van der Waals surface area (Å²) >= 11 is 0. The predicted octanol–water partition coefficient (Wildman–Crippen LogP) is 2.86. The third-order valence-corrected chi connectivity index (χ3v) is 5.01. The van der Waals surface area contributed by atoms with E-state index >= 15 is 0 Å². The van der Waals surface area contributed by atoms with Gasteiger partial charge in [0.1, 0.15) is 0 Å². The Morgan fingerprint density at radius 1 is 1.09 bits per heavy atom. The van der Waals surface area contributed by atoms with Crippen LogP contribution in [0.2, 0.25) is 0 Å². The molecule has 1 aliphatic carbocycles. The fraction of sp³-hybridized carbons (Fsp3) is 0.500. The zero-order valence-electron chi connectivity index (χ0n) is 13.3. The van der Waals surface area contributed by atoms with E-state index in [9.17, 15) is 0 Å². The summed E-state index contributed by atoms with van der Waals surface area (Å²) in [5.41, 5.74) is 5.26. The van der Waals surface area contributed by atoms with E-state index in [-0.39, 0.29) is 0 Å². The van der Waals surface area contributed by atoms with Crippen LogP contribution in [0.3, 0.4) is 0 Å². The molecule has 1 aromatic heterocycles. The fourth-order valence-corrected chi connectivity index (χ4v) is 3.45. The third-order valence-electron chi connectivity index (χ3n) is 5.01. The van der Waals surface area contributed by atoms with Crippen molar-refractivity contribution < 1.29 is 0 Å². The van der Waals surface area contributed by atoms with Gasteiger partial charge >= 0.3 is 0 Å².